The van der Waals surface area contributed by atoms with Gasteiger partial charge in [-0.15, -0.1) is 0 Å². The zero-order valence-electron chi connectivity index (χ0n) is 11.1. The minimum atomic E-state index is 0.523. The first-order chi connectivity index (χ1) is 8.58. The maximum Gasteiger partial charge on any atom is 0.0595 e. The molecule has 18 heavy (non-hydrogen) atoms. The Morgan fingerprint density at radius 1 is 1.06 bits per heavy atom. The average molecular weight is 352 g/mol. The van der Waals surface area contributed by atoms with Gasteiger partial charge in [0, 0.05) is 4.83 Å². The topological polar surface area (TPSA) is 0 Å². The van der Waals surface area contributed by atoms with Crippen molar-refractivity contribution in [1.29, 1.82) is 0 Å². The van der Waals surface area contributed by atoms with Crippen LogP contribution >= 0.6 is 39.1 Å². The molecule has 0 amide bonds. The highest BCUT2D eigenvalue weighted by molar-refractivity contribution is 9.09. The van der Waals surface area contributed by atoms with Gasteiger partial charge >= 0.3 is 0 Å². The van der Waals surface area contributed by atoms with Crippen LogP contribution in [0.15, 0.2) is 18.2 Å². The van der Waals surface area contributed by atoms with Crippen molar-refractivity contribution in [3.8, 4) is 0 Å². The molecule has 1 unspecified atom stereocenters. The fourth-order valence-corrected chi connectivity index (χ4v) is 3.53. The molecule has 1 atom stereocenters. The van der Waals surface area contributed by atoms with Crippen molar-refractivity contribution in [2.24, 2.45) is 5.92 Å². The molecule has 0 saturated heterocycles. The second-order valence-corrected chi connectivity index (χ2v) is 6.80. The van der Waals surface area contributed by atoms with E-state index in [1.165, 1.54) is 31.2 Å². The SMILES string of the molecule is CCCC(CCC)C(Br)Cc1ccc(Cl)c(Cl)c1. The van der Waals surface area contributed by atoms with Crippen LogP contribution in [0.1, 0.15) is 45.1 Å². The molecule has 1 aromatic carbocycles. The van der Waals surface area contributed by atoms with Crippen molar-refractivity contribution in [3.63, 3.8) is 0 Å². The fraction of sp³-hybridized carbons (Fsp3) is 0.600. The van der Waals surface area contributed by atoms with Crippen LogP contribution in [0.25, 0.3) is 0 Å². The van der Waals surface area contributed by atoms with Gasteiger partial charge in [-0.25, -0.2) is 0 Å². The molecular formula is C15H21BrCl2. The molecule has 0 aliphatic carbocycles. The maximum absolute atomic E-state index is 6.05. The van der Waals surface area contributed by atoms with E-state index in [9.17, 15) is 0 Å². The summed E-state index contributed by atoms with van der Waals surface area (Å²) in [6.45, 7) is 4.50. The predicted molar refractivity (Wildman–Crippen MR) is 86.2 cm³/mol. The first kappa shape index (κ1) is 16.3. The van der Waals surface area contributed by atoms with Crippen LogP contribution in [0.4, 0.5) is 0 Å². The molecular weight excluding hydrogens is 331 g/mol. The molecule has 0 nitrogen and oxygen atoms in total. The zero-order valence-corrected chi connectivity index (χ0v) is 14.2. The summed E-state index contributed by atoms with van der Waals surface area (Å²) in [6.07, 6.45) is 6.07. The Bertz CT molecular complexity index is 360. The second kappa shape index (κ2) is 8.45. The van der Waals surface area contributed by atoms with Gasteiger partial charge < -0.3 is 0 Å². The van der Waals surface area contributed by atoms with Gasteiger partial charge in [-0.05, 0) is 42.9 Å². The van der Waals surface area contributed by atoms with E-state index in [2.05, 4.69) is 35.8 Å². The van der Waals surface area contributed by atoms with Gasteiger partial charge in [0.1, 0.15) is 0 Å². The molecule has 0 aliphatic rings. The predicted octanol–water partition coefficient (Wildman–Crippen LogP) is 6.52. The number of alkyl halides is 1. The molecule has 3 heteroatoms. The summed E-state index contributed by atoms with van der Waals surface area (Å²) in [5.41, 5.74) is 1.25. The summed E-state index contributed by atoms with van der Waals surface area (Å²) < 4.78 is 0. The van der Waals surface area contributed by atoms with Crippen LogP contribution in [0.2, 0.25) is 10.0 Å². The van der Waals surface area contributed by atoms with Gasteiger partial charge in [-0.1, -0.05) is 71.9 Å². The lowest BCUT2D eigenvalue weighted by atomic mass is 9.91. The summed E-state index contributed by atoms with van der Waals surface area (Å²) in [5.74, 6) is 0.745. The molecule has 0 aromatic heterocycles. The third kappa shape index (κ3) is 5.11. The summed E-state index contributed by atoms with van der Waals surface area (Å²) in [4.78, 5) is 0.523. The maximum atomic E-state index is 6.05. The molecule has 0 spiro atoms. The molecule has 0 N–H and O–H groups in total. The van der Waals surface area contributed by atoms with E-state index in [-0.39, 0.29) is 0 Å². The normalized spacial score (nSPS) is 13.0. The molecule has 0 bridgehead atoms. The summed E-state index contributed by atoms with van der Waals surface area (Å²) in [6, 6.07) is 5.93. The summed E-state index contributed by atoms with van der Waals surface area (Å²) in [7, 11) is 0. The molecule has 1 aromatic rings. The highest BCUT2D eigenvalue weighted by Gasteiger charge is 2.18. The molecule has 0 saturated carbocycles. The molecule has 0 radical (unpaired) electrons. The van der Waals surface area contributed by atoms with Gasteiger partial charge in [-0.3, -0.25) is 0 Å². The van der Waals surface area contributed by atoms with Gasteiger partial charge in [0.15, 0.2) is 0 Å². The minimum absolute atomic E-state index is 0.523. The van der Waals surface area contributed by atoms with E-state index in [4.69, 9.17) is 23.2 Å². The van der Waals surface area contributed by atoms with Crippen molar-refractivity contribution in [1.82, 2.24) is 0 Å². The number of hydrogen-bond acceptors (Lipinski definition) is 0. The fourth-order valence-electron chi connectivity index (χ4n) is 2.31. The van der Waals surface area contributed by atoms with Crippen molar-refractivity contribution in [2.75, 3.05) is 0 Å². The van der Waals surface area contributed by atoms with E-state index in [0.29, 0.717) is 14.9 Å². The number of rotatable bonds is 7. The third-order valence-corrected chi connectivity index (χ3v) is 5.06. The number of benzene rings is 1. The third-order valence-electron chi connectivity index (χ3n) is 3.25. The van der Waals surface area contributed by atoms with Crippen LogP contribution < -0.4 is 0 Å². The highest BCUT2D eigenvalue weighted by atomic mass is 79.9. The molecule has 0 aliphatic heterocycles. The van der Waals surface area contributed by atoms with Crippen molar-refractivity contribution < 1.29 is 0 Å². The monoisotopic (exact) mass is 350 g/mol. The van der Waals surface area contributed by atoms with E-state index in [1.54, 1.807) is 0 Å². The minimum Gasteiger partial charge on any atom is -0.0884 e. The molecule has 102 valence electrons. The lowest BCUT2D eigenvalue weighted by molar-refractivity contribution is 0.427. The van der Waals surface area contributed by atoms with Crippen molar-refractivity contribution >= 4 is 39.1 Å². The Kier molecular flexibility index (Phi) is 7.67. The van der Waals surface area contributed by atoms with Gasteiger partial charge in [0.05, 0.1) is 10.0 Å². The van der Waals surface area contributed by atoms with Crippen LogP contribution in [0, 0.1) is 5.92 Å². The Morgan fingerprint density at radius 2 is 1.67 bits per heavy atom. The van der Waals surface area contributed by atoms with E-state index < -0.39 is 0 Å². The smallest absolute Gasteiger partial charge is 0.0595 e. The molecule has 0 fully saturated rings. The Morgan fingerprint density at radius 3 is 2.17 bits per heavy atom. The first-order valence-corrected chi connectivity index (χ1v) is 8.33. The van der Waals surface area contributed by atoms with Crippen LogP contribution in [0.5, 0.6) is 0 Å². The Labute approximate surface area is 129 Å². The van der Waals surface area contributed by atoms with Crippen LogP contribution in [-0.4, -0.2) is 4.83 Å². The summed E-state index contributed by atoms with van der Waals surface area (Å²) >= 11 is 15.8. The van der Waals surface area contributed by atoms with E-state index in [1.807, 2.05) is 12.1 Å². The standard InChI is InChI=1S/C15H21BrCl2/c1-3-5-12(6-4-2)13(16)9-11-7-8-14(17)15(18)10-11/h7-8,10,12-13H,3-6,9H2,1-2H3. The largest absolute Gasteiger partial charge is 0.0884 e. The van der Waals surface area contributed by atoms with Crippen LogP contribution in [-0.2, 0) is 6.42 Å². The van der Waals surface area contributed by atoms with E-state index in [0.717, 1.165) is 12.3 Å². The second-order valence-electron chi connectivity index (χ2n) is 4.81. The zero-order chi connectivity index (χ0) is 13.5. The lowest BCUT2D eigenvalue weighted by Crippen LogP contribution is -2.17. The average Bonchev–Trinajstić information content (AvgIpc) is 2.33. The van der Waals surface area contributed by atoms with Gasteiger partial charge in [-0.2, -0.15) is 0 Å². The first-order valence-electron chi connectivity index (χ1n) is 6.66. The van der Waals surface area contributed by atoms with E-state index >= 15 is 0 Å². The lowest BCUT2D eigenvalue weighted by Gasteiger charge is -2.22. The Balaban J connectivity index is 2.66. The highest BCUT2D eigenvalue weighted by Crippen LogP contribution is 2.29. The van der Waals surface area contributed by atoms with Crippen molar-refractivity contribution in [2.45, 2.75) is 50.8 Å². The Hall–Kier alpha value is 0.280. The van der Waals surface area contributed by atoms with Crippen LogP contribution in [0.3, 0.4) is 0 Å². The van der Waals surface area contributed by atoms with Gasteiger partial charge in [0.25, 0.3) is 0 Å². The quantitative estimate of drug-likeness (QED) is 0.490. The summed E-state index contributed by atoms with van der Waals surface area (Å²) in [5, 5.41) is 1.28. The number of halogens is 3. The van der Waals surface area contributed by atoms with Crippen molar-refractivity contribution in [3.05, 3.63) is 33.8 Å². The number of hydrogen-bond donors (Lipinski definition) is 0. The molecule has 1 rings (SSSR count). The van der Waals surface area contributed by atoms with Gasteiger partial charge in [0.2, 0.25) is 0 Å². The molecule has 0 heterocycles.